The lowest BCUT2D eigenvalue weighted by molar-refractivity contribution is 0.0592. The van der Waals surface area contributed by atoms with Gasteiger partial charge in [-0.1, -0.05) is 24.3 Å². The topological polar surface area (TPSA) is 78.9 Å². The van der Waals surface area contributed by atoms with Gasteiger partial charge in [-0.3, -0.25) is 0 Å². The molecule has 2 aliphatic rings. The predicted molar refractivity (Wildman–Crippen MR) is 111 cm³/mol. The van der Waals surface area contributed by atoms with Crippen molar-refractivity contribution < 1.29 is 27.9 Å². The first kappa shape index (κ1) is 16.9. The van der Waals surface area contributed by atoms with E-state index in [1.54, 1.807) is 12.1 Å². The lowest BCUT2D eigenvalue weighted by atomic mass is 9.87. The molecule has 0 bridgehead atoms. The van der Waals surface area contributed by atoms with E-state index in [-0.39, 0.29) is 0 Å². The molecule has 0 saturated carbocycles. The van der Waals surface area contributed by atoms with Crippen molar-refractivity contribution in [3.63, 3.8) is 0 Å². The van der Waals surface area contributed by atoms with Gasteiger partial charge in [-0.25, -0.2) is 9.59 Å². The summed E-state index contributed by atoms with van der Waals surface area (Å²) < 4.78 is 22.5. The molecule has 30 heavy (non-hydrogen) atoms. The van der Waals surface area contributed by atoms with Gasteiger partial charge in [0.25, 0.3) is 0 Å². The molecule has 6 nitrogen and oxygen atoms in total. The Bertz CT molecular complexity index is 1480. The number of hydrogen-bond acceptors (Lipinski definition) is 6. The second-order valence-electron chi connectivity index (χ2n) is 7.15. The molecule has 0 fully saturated rings. The highest BCUT2D eigenvalue weighted by molar-refractivity contribution is 6.27. The van der Waals surface area contributed by atoms with E-state index in [2.05, 4.69) is 0 Å². The number of rotatable bonds is 2. The Balaban J connectivity index is 1.98. The number of esters is 2. The molecule has 0 radical (unpaired) electrons. The lowest BCUT2D eigenvalue weighted by Gasteiger charge is -2.22. The minimum absolute atomic E-state index is 0.316. The second-order valence-corrected chi connectivity index (χ2v) is 7.15. The van der Waals surface area contributed by atoms with Crippen molar-refractivity contribution in [3.05, 3.63) is 59.7 Å². The first-order chi connectivity index (χ1) is 14.6. The quantitative estimate of drug-likeness (QED) is 0.215. The van der Waals surface area contributed by atoms with Crippen LogP contribution in [0, 0.1) is 0 Å². The van der Waals surface area contributed by atoms with Crippen LogP contribution in [0.1, 0.15) is 20.7 Å². The lowest BCUT2D eigenvalue weighted by Crippen LogP contribution is -2.07. The van der Waals surface area contributed by atoms with Gasteiger partial charge in [0, 0.05) is 21.9 Å². The van der Waals surface area contributed by atoms with Crippen LogP contribution in [0.2, 0.25) is 0 Å². The molecule has 0 amide bonds. The smallest absolute Gasteiger partial charge is 0.341 e. The van der Waals surface area contributed by atoms with Crippen molar-refractivity contribution in [2.24, 2.45) is 0 Å². The average molecular weight is 398 g/mol. The first-order valence-corrected chi connectivity index (χ1v) is 9.34. The van der Waals surface area contributed by atoms with Crippen LogP contribution in [-0.4, -0.2) is 26.2 Å². The maximum atomic E-state index is 12.6. The molecule has 4 aromatic carbocycles. The highest BCUT2D eigenvalue weighted by atomic mass is 16.5. The van der Waals surface area contributed by atoms with E-state index < -0.39 is 11.9 Å². The molecular formula is C24H14O6. The van der Waals surface area contributed by atoms with E-state index in [1.165, 1.54) is 14.2 Å². The first-order valence-electron chi connectivity index (χ1n) is 9.34. The van der Waals surface area contributed by atoms with Crippen molar-refractivity contribution in [2.75, 3.05) is 14.2 Å². The summed E-state index contributed by atoms with van der Waals surface area (Å²) >= 11 is 0. The number of methoxy groups -OCH3 is 2. The van der Waals surface area contributed by atoms with Crippen molar-refractivity contribution in [3.8, 4) is 11.1 Å². The van der Waals surface area contributed by atoms with Gasteiger partial charge in [0.2, 0.25) is 0 Å². The van der Waals surface area contributed by atoms with Crippen molar-refractivity contribution in [2.45, 2.75) is 0 Å². The van der Waals surface area contributed by atoms with Crippen LogP contribution in [0.15, 0.2) is 57.4 Å². The fraction of sp³-hybridized carbons (Fsp3) is 0.0833. The molecule has 146 valence electrons. The van der Waals surface area contributed by atoms with Crippen molar-refractivity contribution in [1.82, 2.24) is 0 Å². The Hall–Kier alpha value is -4.06. The SMILES string of the molecule is COC(=O)c1cc2cccc3oc4c(C(=O)OC)cc5cccc6oc1c(c23)-c4c56. The molecule has 6 heteroatoms. The van der Waals surface area contributed by atoms with E-state index >= 15 is 0 Å². The summed E-state index contributed by atoms with van der Waals surface area (Å²) in [5, 5.41) is 3.28. The van der Waals surface area contributed by atoms with E-state index in [9.17, 15) is 9.59 Å². The maximum Gasteiger partial charge on any atom is 0.341 e. The Morgan fingerprint density at radius 2 is 1.13 bits per heavy atom. The fourth-order valence-corrected chi connectivity index (χ4v) is 4.41. The van der Waals surface area contributed by atoms with Gasteiger partial charge in [-0.05, 0) is 35.0 Å². The Morgan fingerprint density at radius 3 is 1.53 bits per heavy atom. The van der Waals surface area contributed by atoms with Crippen LogP contribution in [0.5, 0.6) is 0 Å². The van der Waals surface area contributed by atoms with Gasteiger partial charge in [-0.2, -0.15) is 0 Å². The predicted octanol–water partition coefficient (Wildman–Crippen LogP) is 5.60. The number of carbonyl (C=O) groups is 2. The summed E-state index contributed by atoms with van der Waals surface area (Å²) in [6, 6.07) is 14.6. The van der Waals surface area contributed by atoms with Crippen LogP contribution < -0.4 is 0 Å². The minimum atomic E-state index is -0.499. The Labute approximate surface area is 169 Å². The molecule has 2 aliphatic heterocycles. The van der Waals surface area contributed by atoms with Gasteiger partial charge in [0.15, 0.2) is 11.2 Å². The second kappa shape index (κ2) is 5.73. The Kier molecular flexibility index (Phi) is 3.22. The third-order valence-corrected chi connectivity index (χ3v) is 5.64. The van der Waals surface area contributed by atoms with Crippen molar-refractivity contribution >= 4 is 55.8 Å². The van der Waals surface area contributed by atoms with Gasteiger partial charge in [0.05, 0.1) is 14.2 Å². The van der Waals surface area contributed by atoms with Gasteiger partial charge >= 0.3 is 11.9 Å². The zero-order valence-electron chi connectivity index (χ0n) is 16.1. The van der Waals surface area contributed by atoms with E-state index in [4.69, 9.17) is 18.3 Å². The zero-order valence-corrected chi connectivity index (χ0v) is 16.1. The van der Waals surface area contributed by atoms with Gasteiger partial charge in [0.1, 0.15) is 22.3 Å². The van der Waals surface area contributed by atoms with Crippen LogP contribution in [0.4, 0.5) is 0 Å². The van der Waals surface area contributed by atoms with E-state index in [0.717, 1.165) is 32.7 Å². The molecule has 0 saturated heterocycles. The summed E-state index contributed by atoms with van der Waals surface area (Å²) in [4.78, 5) is 25.2. The monoisotopic (exact) mass is 398 g/mol. The average Bonchev–Trinajstić information content (AvgIpc) is 2.79. The normalized spacial score (nSPS) is 11.9. The summed E-state index contributed by atoms with van der Waals surface area (Å²) in [5.41, 5.74) is 4.03. The van der Waals surface area contributed by atoms with Crippen LogP contribution in [0.25, 0.3) is 55.0 Å². The van der Waals surface area contributed by atoms with E-state index in [0.29, 0.717) is 33.5 Å². The summed E-state index contributed by atoms with van der Waals surface area (Å²) in [6.45, 7) is 0. The summed E-state index contributed by atoms with van der Waals surface area (Å²) in [7, 11) is 2.67. The molecule has 0 spiro atoms. The van der Waals surface area contributed by atoms with Crippen LogP contribution in [-0.2, 0) is 9.47 Å². The molecule has 0 aliphatic carbocycles. The summed E-state index contributed by atoms with van der Waals surface area (Å²) in [5.74, 6) is -0.998. The largest absolute Gasteiger partial charge is 0.465 e. The van der Waals surface area contributed by atoms with Crippen molar-refractivity contribution in [1.29, 1.82) is 0 Å². The minimum Gasteiger partial charge on any atom is -0.465 e. The molecule has 0 atom stereocenters. The van der Waals surface area contributed by atoms with Crippen LogP contribution >= 0.6 is 0 Å². The molecule has 4 aromatic rings. The standard InChI is InChI=1S/C24H14O6/c1-27-23(25)13-9-11-5-3-8-16-17(11)19-20-18-12(6-4-7-15(18)29-21(13)19)10-14(22(20)30-16)24(26)28-2/h3-10H,1-2H3. The summed E-state index contributed by atoms with van der Waals surface area (Å²) in [6.07, 6.45) is 0. The number of hydrogen-bond donors (Lipinski definition) is 0. The highest BCUT2D eigenvalue weighted by Gasteiger charge is 2.31. The fourth-order valence-electron chi connectivity index (χ4n) is 4.41. The third-order valence-electron chi connectivity index (χ3n) is 5.64. The number of ether oxygens (including phenoxy) is 2. The van der Waals surface area contributed by atoms with Gasteiger partial charge in [-0.15, -0.1) is 0 Å². The molecule has 0 N–H and O–H groups in total. The van der Waals surface area contributed by atoms with Gasteiger partial charge < -0.3 is 18.3 Å². The maximum absolute atomic E-state index is 12.6. The van der Waals surface area contributed by atoms with E-state index in [1.807, 2.05) is 36.4 Å². The molecule has 2 heterocycles. The molecule has 0 aromatic heterocycles. The molecular weight excluding hydrogens is 384 g/mol. The third kappa shape index (κ3) is 1.97. The molecule has 0 unspecified atom stereocenters. The Morgan fingerprint density at radius 1 is 0.700 bits per heavy atom. The zero-order chi connectivity index (χ0) is 20.6. The number of carbonyl (C=O) groups excluding carboxylic acids is 2. The van der Waals surface area contributed by atoms with Crippen LogP contribution in [0.3, 0.4) is 0 Å². The highest BCUT2D eigenvalue weighted by Crippen LogP contribution is 2.50. The number of benzene rings is 4. The molecule has 6 rings (SSSR count).